The number of hydrogen-bond donors (Lipinski definition) is 1. The van der Waals surface area contributed by atoms with E-state index in [-0.39, 0.29) is 0 Å². The second-order valence-corrected chi connectivity index (χ2v) is 6.56. The predicted octanol–water partition coefficient (Wildman–Crippen LogP) is 2.81. The van der Waals surface area contributed by atoms with Gasteiger partial charge in [0, 0.05) is 12.2 Å². The first kappa shape index (κ1) is 13.2. The third-order valence-electron chi connectivity index (χ3n) is 5.08. The van der Waals surface area contributed by atoms with E-state index in [1.165, 1.54) is 69.4 Å². The van der Waals surface area contributed by atoms with Gasteiger partial charge in [-0.1, -0.05) is 19.8 Å². The lowest BCUT2D eigenvalue weighted by atomic mass is 9.74. The molecule has 0 saturated carbocycles. The number of unbranched alkanes of at least 4 members (excludes halogenated alkanes) is 2. The normalized spacial score (nSPS) is 27.1. The quantitative estimate of drug-likeness (QED) is 0.845. The van der Waals surface area contributed by atoms with Gasteiger partial charge in [0.25, 0.3) is 0 Å². The second kappa shape index (κ2) is 5.66. The topological polar surface area (TPSA) is 31.9 Å². The van der Waals surface area contributed by atoms with Gasteiger partial charge in [-0.05, 0) is 63.1 Å². The minimum Gasteiger partial charge on any atom is -0.306 e. The van der Waals surface area contributed by atoms with Crippen molar-refractivity contribution in [3.05, 3.63) is 17.0 Å². The highest BCUT2D eigenvalue weighted by molar-refractivity contribution is 5.29. The van der Waals surface area contributed by atoms with Crippen molar-refractivity contribution >= 4 is 0 Å². The molecule has 0 bridgehead atoms. The molecule has 3 rings (SSSR count). The van der Waals surface area contributed by atoms with Gasteiger partial charge >= 0.3 is 0 Å². The van der Waals surface area contributed by atoms with E-state index in [9.17, 15) is 0 Å². The maximum absolute atomic E-state index is 4.61. The molecule has 1 N–H and O–H groups in total. The summed E-state index contributed by atoms with van der Waals surface area (Å²) in [5.41, 5.74) is 4.40. The van der Waals surface area contributed by atoms with E-state index in [0.29, 0.717) is 0 Å². The van der Waals surface area contributed by atoms with Crippen LogP contribution in [-0.4, -0.2) is 35.2 Å². The van der Waals surface area contributed by atoms with Crippen molar-refractivity contribution in [2.24, 2.45) is 11.8 Å². The van der Waals surface area contributed by atoms with Crippen LogP contribution < -0.4 is 0 Å². The molecule has 1 fully saturated rings. The van der Waals surface area contributed by atoms with Gasteiger partial charge in [0.1, 0.15) is 0 Å². The molecule has 1 aliphatic carbocycles. The van der Waals surface area contributed by atoms with E-state index in [1.54, 1.807) is 5.56 Å². The van der Waals surface area contributed by atoms with Crippen molar-refractivity contribution in [2.75, 3.05) is 20.1 Å². The molecule has 2 atom stereocenters. The summed E-state index contributed by atoms with van der Waals surface area (Å²) < 4.78 is 0. The number of rotatable bonds is 4. The van der Waals surface area contributed by atoms with Gasteiger partial charge in [0.05, 0.1) is 5.69 Å². The molecule has 3 heteroatoms. The maximum atomic E-state index is 4.61. The molecular formula is C16H27N3. The molecule has 19 heavy (non-hydrogen) atoms. The highest BCUT2D eigenvalue weighted by Gasteiger charge is 2.34. The molecule has 0 spiro atoms. The molecule has 106 valence electrons. The summed E-state index contributed by atoms with van der Waals surface area (Å²) in [7, 11) is 2.27. The number of nitrogens with zero attached hydrogens (tertiary/aromatic N) is 2. The molecular weight excluding hydrogens is 234 g/mol. The zero-order valence-electron chi connectivity index (χ0n) is 12.4. The number of fused-ring (bicyclic) bond motifs is 2. The van der Waals surface area contributed by atoms with E-state index in [1.807, 2.05) is 0 Å². The Morgan fingerprint density at radius 3 is 3.00 bits per heavy atom. The lowest BCUT2D eigenvalue weighted by Gasteiger charge is -2.39. The van der Waals surface area contributed by atoms with Crippen LogP contribution in [0.2, 0.25) is 0 Å². The minimum absolute atomic E-state index is 0.869. The van der Waals surface area contributed by atoms with E-state index < -0.39 is 0 Å². The van der Waals surface area contributed by atoms with Gasteiger partial charge < -0.3 is 4.90 Å². The van der Waals surface area contributed by atoms with E-state index >= 15 is 0 Å². The summed E-state index contributed by atoms with van der Waals surface area (Å²) in [6.07, 6.45) is 8.97. The summed E-state index contributed by atoms with van der Waals surface area (Å²) in [6, 6.07) is 0. The Balaban J connectivity index is 1.71. The molecule has 0 unspecified atom stereocenters. The van der Waals surface area contributed by atoms with Crippen LogP contribution in [0.25, 0.3) is 0 Å². The van der Waals surface area contributed by atoms with Crippen LogP contribution in [0.4, 0.5) is 0 Å². The van der Waals surface area contributed by atoms with Crippen molar-refractivity contribution in [2.45, 2.75) is 51.9 Å². The average molecular weight is 261 g/mol. The van der Waals surface area contributed by atoms with Crippen LogP contribution >= 0.6 is 0 Å². The smallest absolute Gasteiger partial charge is 0.0657 e. The third-order valence-corrected chi connectivity index (χ3v) is 5.08. The third kappa shape index (κ3) is 2.71. The van der Waals surface area contributed by atoms with Crippen LogP contribution in [0.1, 0.15) is 49.6 Å². The molecule has 1 saturated heterocycles. The molecule has 1 aromatic rings. The number of hydrogen-bond acceptors (Lipinski definition) is 2. The summed E-state index contributed by atoms with van der Waals surface area (Å²) in [4.78, 5) is 2.50. The second-order valence-electron chi connectivity index (χ2n) is 6.56. The number of aromatic nitrogens is 2. The van der Waals surface area contributed by atoms with Crippen molar-refractivity contribution in [3.8, 4) is 0 Å². The standard InChI is InChI=1S/C16H27N3/c1-3-4-5-6-15-14-9-13-11-19(2)8-7-12(13)10-16(14)18-17-15/h12-13H,3-11H2,1-2H3,(H,17,18)/t12-,13+/m0/s1. The van der Waals surface area contributed by atoms with Gasteiger partial charge in [-0.2, -0.15) is 5.10 Å². The number of piperidine rings is 1. The van der Waals surface area contributed by atoms with Crippen molar-refractivity contribution in [1.82, 2.24) is 15.1 Å². The van der Waals surface area contributed by atoms with E-state index in [4.69, 9.17) is 0 Å². The number of H-pyrrole nitrogens is 1. The Bertz CT molecular complexity index is 424. The van der Waals surface area contributed by atoms with Crippen LogP contribution in [0, 0.1) is 11.8 Å². The largest absolute Gasteiger partial charge is 0.306 e. The fourth-order valence-corrected chi connectivity index (χ4v) is 3.89. The van der Waals surface area contributed by atoms with Gasteiger partial charge in [0.2, 0.25) is 0 Å². The summed E-state index contributed by atoms with van der Waals surface area (Å²) >= 11 is 0. The Hall–Kier alpha value is -0.830. The van der Waals surface area contributed by atoms with Crippen molar-refractivity contribution in [1.29, 1.82) is 0 Å². The van der Waals surface area contributed by atoms with E-state index in [2.05, 4.69) is 29.1 Å². The summed E-state index contributed by atoms with van der Waals surface area (Å²) in [5, 5.41) is 7.94. The lowest BCUT2D eigenvalue weighted by Crippen LogP contribution is -2.41. The molecule has 1 aromatic heterocycles. The molecule has 0 aromatic carbocycles. The lowest BCUT2D eigenvalue weighted by molar-refractivity contribution is 0.133. The van der Waals surface area contributed by atoms with Gasteiger partial charge in [-0.25, -0.2) is 0 Å². The molecule has 0 amide bonds. The molecule has 2 aliphatic rings. The van der Waals surface area contributed by atoms with Gasteiger partial charge in [-0.15, -0.1) is 0 Å². The van der Waals surface area contributed by atoms with Crippen LogP contribution in [0.3, 0.4) is 0 Å². The zero-order valence-corrected chi connectivity index (χ0v) is 12.4. The van der Waals surface area contributed by atoms with Crippen molar-refractivity contribution in [3.63, 3.8) is 0 Å². The van der Waals surface area contributed by atoms with Gasteiger partial charge in [0.15, 0.2) is 0 Å². The summed E-state index contributed by atoms with van der Waals surface area (Å²) in [6.45, 7) is 4.82. The molecule has 0 radical (unpaired) electrons. The Labute approximate surface area is 116 Å². The number of aromatic amines is 1. The van der Waals surface area contributed by atoms with E-state index in [0.717, 1.165) is 11.8 Å². The Morgan fingerprint density at radius 2 is 2.16 bits per heavy atom. The minimum atomic E-state index is 0.869. The number of aryl methyl sites for hydroxylation is 1. The highest BCUT2D eigenvalue weighted by atomic mass is 15.1. The highest BCUT2D eigenvalue weighted by Crippen LogP contribution is 2.36. The monoisotopic (exact) mass is 261 g/mol. The van der Waals surface area contributed by atoms with Crippen molar-refractivity contribution < 1.29 is 0 Å². The Kier molecular flexibility index (Phi) is 3.92. The number of likely N-dealkylation sites (tertiary alicyclic amines) is 1. The van der Waals surface area contributed by atoms with Crippen LogP contribution in [-0.2, 0) is 19.3 Å². The average Bonchev–Trinajstić information content (AvgIpc) is 2.79. The Morgan fingerprint density at radius 1 is 1.26 bits per heavy atom. The first-order valence-electron chi connectivity index (χ1n) is 8.01. The fraction of sp³-hybridized carbons (Fsp3) is 0.812. The van der Waals surface area contributed by atoms with Gasteiger partial charge in [-0.3, -0.25) is 5.10 Å². The van der Waals surface area contributed by atoms with Crippen LogP contribution in [0.15, 0.2) is 0 Å². The maximum Gasteiger partial charge on any atom is 0.0657 e. The summed E-state index contributed by atoms with van der Waals surface area (Å²) in [5.74, 6) is 1.77. The molecule has 1 aliphatic heterocycles. The predicted molar refractivity (Wildman–Crippen MR) is 78.3 cm³/mol. The van der Waals surface area contributed by atoms with Crippen LogP contribution in [0.5, 0.6) is 0 Å². The fourth-order valence-electron chi connectivity index (χ4n) is 3.89. The first-order chi connectivity index (χ1) is 9.28. The molecule has 3 nitrogen and oxygen atoms in total. The SMILES string of the molecule is CCCCCc1n[nH]c2c1C[C@@H]1CN(C)CC[C@H]1C2. The zero-order chi connectivity index (χ0) is 13.2. The molecule has 2 heterocycles. The number of nitrogens with one attached hydrogen (secondary N) is 1. The first-order valence-corrected chi connectivity index (χ1v) is 8.01.